The fourth-order valence-corrected chi connectivity index (χ4v) is 4.00. The molecule has 0 saturated heterocycles. The van der Waals surface area contributed by atoms with Crippen molar-refractivity contribution in [1.29, 1.82) is 0 Å². The number of H-pyrrole nitrogens is 1. The predicted molar refractivity (Wildman–Crippen MR) is 154 cm³/mol. The molecule has 11 heteroatoms. The van der Waals surface area contributed by atoms with Crippen LogP contribution in [-0.4, -0.2) is 76.5 Å². The van der Waals surface area contributed by atoms with Crippen molar-refractivity contribution in [2.45, 2.75) is 45.8 Å². The fraction of sp³-hybridized carbons (Fsp3) is 0.414. The van der Waals surface area contributed by atoms with Crippen LogP contribution in [0.1, 0.15) is 38.1 Å². The van der Waals surface area contributed by atoms with E-state index in [9.17, 15) is 19.2 Å². The molecule has 40 heavy (non-hydrogen) atoms. The highest BCUT2D eigenvalue weighted by molar-refractivity contribution is 5.95. The van der Waals surface area contributed by atoms with Gasteiger partial charge in [0.1, 0.15) is 5.69 Å². The summed E-state index contributed by atoms with van der Waals surface area (Å²) in [6, 6.07) is 7.10. The molecule has 1 unspecified atom stereocenters. The molecule has 3 aromatic heterocycles. The molecule has 1 atom stereocenters. The van der Waals surface area contributed by atoms with Crippen molar-refractivity contribution >= 4 is 34.5 Å². The molecule has 11 nitrogen and oxygen atoms in total. The highest BCUT2D eigenvalue weighted by atomic mass is 16.6. The van der Waals surface area contributed by atoms with E-state index >= 15 is 0 Å². The lowest BCUT2D eigenvalue weighted by molar-refractivity contribution is -0.125. The van der Waals surface area contributed by atoms with Crippen molar-refractivity contribution in [3.8, 4) is 0 Å². The number of pyridine rings is 2. The Balaban J connectivity index is 1.77. The molecule has 3 heterocycles. The molecule has 0 fully saturated rings. The van der Waals surface area contributed by atoms with Gasteiger partial charge in [-0.1, -0.05) is 19.9 Å². The third kappa shape index (κ3) is 8.05. The number of allylic oxidation sites excluding steroid dienone is 1. The lowest BCUT2D eigenvalue weighted by Gasteiger charge is -2.19. The molecule has 214 valence electrons. The molecule has 3 amide bonds. The van der Waals surface area contributed by atoms with Crippen LogP contribution in [-0.2, 0) is 27.3 Å². The predicted octanol–water partition coefficient (Wildman–Crippen LogP) is 3.40. The minimum atomic E-state index is -1.16. The topological polar surface area (TPSA) is 130 Å². The van der Waals surface area contributed by atoms with Crippen molar-refractivity contribution in [2.24, 2.45) is 5.92 Å². The molecule has 0 bridgehead atoms. The first-order valence-corrected chi connectivity index (χ1v) is 13.2. The van der Waals surface area contributed by atoms with E-state index in [0.29, 0.717) is 12.3 Å². The second-order valence-electron chi connectivity index (χ2n) is 10.4. The lowest BCUT2D eigenvalue weighted by Crippen LogP contribution is -2.37. The summed E-state index contributed by atoms with van der Waals surface area (Å²) in [6.07, 6.45) is 5.86. The third-order valence-corrected chi connectivity index (χ3v) is 6.09. The number of fused-ring (bicyclic) bond motifs is 1. The number of carbonyl (C=O) groups excluding carboxylic acids is 3. The van der Waals surface area contributed by atoms with Gasteiger partial charge in [0.05, 0.1) is 17.8 Å². The van der Waals surface area contributed by atoms with Gasteiger partial charge in [0, 0.05) is 51.7 Å². The zero-order valence-corrected chi connectivity index (χ0v) is 23.9. The van der Waals surface area contributed by atoms with Gasteiger partial charge in [0.2, 0.25) is 5.91 Å². The van der Waals surface area contributed by atoms with Gasteiger partial charge in [-0.15, -0.1) is 0 Å². The number of ether oxygens (including phenoxy) is 1. The first-order chi connectivity index (χ1) is 19.0. The Morgan fingerprint density at radius 3 is 2.58 bits per heavy atom. The number of likely N-dealkylation sites (N-methyl/N-ethyl adjacent to an activating group) is 1. The van der Waals surface area contributed by atoms with E-state index in [1.165, 1.54) is 40.6 Å². The Morgan fingerprint density at radius 2 is 1.90 bits per heavy atom. The van der Waals surface area contributed by atoms with Crippen molar-refractivity contribution in [3.05, 3.63) is 70.6 Å². The number of hydrogen-bond donors (Lipinski definition) is 2. The molecule has 0 spiro atoms. The van der Waals surface area contributed by atoms with Gasteiger partial charge in [-0.25, -0.2) is 4.79 Å². The summed E-state index contributed by atoms with van der Waals surface area (Å²) in [5.41, 5.74) is 2.43. The van der Waals surface area contributed by atoms with Gasteiger partial charge >= 0.3 is 6.09 Å². The van der Waals surface area contributed by atoms with Crippen molar-refractivity contribution in [1.82, 2.24) is 24.3 Å². The lowest BCUT2D eigenvalue weighted by atomic mass is 10.1. The van der Waals surface area contributed by atoms with Gasteiger partial charge in [-0.2, -0.15) is 0 Å². The van der Waals surface area contributed by atoms with E-state index in [0.717, 1.165) is 28.7 Å². The van der Waals surface area contributed by atoms with E-state index in [1.54, 1.807) is 38.6 Å². The molecule has 0 saturated carbocycles. The smallest absolute Gasteiger partial charge is 0.410 e. The average molecular weight is 551 g/mol. The maximum atomic E-state index is 13.2. The molecule has 0 aliphatic carbocycles. The molecular weight excluding hydrogens is 512 g/mol. The van der Waals surface area contributed by atoms with E-state index in [-0.39, 0.29) is 24.6 Å². The highest BCUT2D eigenvalue weighted by Gasteiger charge is 2.24. The summed E-state index contributed by atoms with van der Waals surface area (Å²) in [6.45, 7) is 4.54. The highest BCUT2D eigenvalue weighted by Crippen LogP contribution is 2.20. The van der Waals surface area contributed by atoms with Crippen LogP contribution < -0.4 is 10.9 Å². The number of carbonyl (C=O) groups is 3. The molecule has 0 aliphatic heterocycles. The molecule has 0 aromatic carbocycles. The number of aromatic nitrogens is 3. The van der Waals surface area contributed by atoms with Crippen LogP contribution in [0.4, 0.5) is 10.5 Å². The summed E-state index contributed by atoms with van der Waals surface area (Å²) in [5.74, 6) is -0.379. The summed E-state index contributed by atoms with van der Waals surface area (Å²) in [7, 11) is 6.28. The van der Waals surface area contributed by atoms with Crippen LogP contribution in [0.5, 0.6) is 0 Å². The normalized spacial score (nSPS) is 12.1. The van der Waals surface area contributed by atoms with Crippen molar-refractivity contribution in [2.75, 3.05) is 33.5 Å². The van der Waals surface area contributed by atoms with Gasteiger partial charge < -0.3 is 29.4 Å². The molecular formula is C29H38N6O5. The first kappa shape index (κ1) is 30.1. The zero-order chi connectivity index (χ0) is 29.4. The van der Waals surface area contributed by atoms with Crippen LogP contribution in [0.25, 0.3) is 10.9 Å². The molecule has 3 aromatic rings. The maximum Gasteiger partial charge on any atom is 0.410 e. The molecule has 0 radical (unpaired) electrons. The van der Waals surface area contributed by atoms with Crippen molar-refractivity contribution < 1.29 is 19.1 Å². The van der Waals surface area contributed by atoms with E-state index in [1.807, 2.05) is 12.1 Å². The van der Waals surface area contributed by atoms with E-state index in [4.69, 9.17) is 4.74 Å². The second kappa shape index (κ2) is 13.6. The Kier molecular flexibility index (Phi) is 10.2. The first-order valence-electron chi connectivity index (χ1n) is 13.2. The standard InChI is InChI=1S/C29H38N6O5/c1-19(2)16-23-26-20(13-14-30-23)17-21(31-26)18-35-15-9-10-22(28(35)38)32-27(37)24(40-29(39)34(5)6)11-7-8-12-25(36)33(3)4/h8-10,12-15,17,19,24,31H,7,11,16,18H2,1-6H3,(H,32,37). The van der Waals surface area contributed by atoms with Crippen LogP contribution >= 0.6 is 0 Å². The van der Waals surface area contributed by atoms with E-state index < -0.39 is 23.7 Å². The number of aromatic amines is 1. The summed E-state index contributed by atoms with van der Waals surface area (Å²) in [5, 5.41) is 3.64. The van der Waals surface area contributed by atoms with Crippen molar-refractivity contribution in [3.63, 3.8) is 0 Å². The number of hydrogen-bond acceptors (Lipinski definition) is 6. The molecule has 0 aliphatic rings. The number of nitrogens with zero attached hydrogens (tertiary/aromatic N) is 4. The third-order valence-electron chi connectivity index (χ3n) is 6.09. The quantitative estimate of drug-likeness (QED) is 0.352. The van der Waals surface area contributed by atoms with E-state index in [2.05, 4.69) is 29.1 Å². The minimum Gasteiger partial charge on any atom is -0.436 e. The number of amides is 3. The largest absolute Gasteiger partial charge is 0.436 e. The van der Waals surface area contributed by atoms with Gasteiger partial charge in [0.25, 0.3) is 11.5 Å². The SMILES string of the molecule is CC(C)Cc1nccc2cc(Cn3cccc(NC(=O)C(CCC=CC(=O)N(C)C)OC(=O)N(C)C)c3=O)[nH]c12. The Bertz CT molecular complexity index is 1440. The van der Waals surface area contributed by atoms with Crippen LogP contribution in [0.15, 0.2) is 53.6 Å². The maximum absolute atomic E-state index is 13.2. The fourth-order valence-electron chi connectivity index (χ4n) is 4.00. The average Bonchev–Trinajstić information content (AvgIpc) is 3.31. The van der Waals surface area contributed by atoms with Crippen LogP contribution in [0.2, 0.25) is 0 Å². The summed E-state index contributed by atoms with van der Waals surface area (Å²) in [4.78, 5) is 60.8. The Hall–Kier alpha value is -4.41. The number of nitrogens with one attached hydrogen (secondary N) is 2. The van der Waals surface area contributed by atoms with Gasteiger partial charge in [0.15, 0.2) is 6.10 Å². The molecule has 2 N–H and O–H groups in total. The van der Waals surface area contributed by atoms with Crippen LogP contribution in [0.3, 0.4) is 0 Å². The monoisotopic (exact) mass is 550 g/mol. The summed E-state index contributed by atoms with van der Waals surface area (Å²) < 4.78 is 6.86. The minimum absolute atomic E-state index is 0.0648. The Labute approximate surface area is 233 Å². The number of anilines is 1. The second-order valence-corrected chi connectivity index (χ2v) is 10.4. The zero-order valence-electron chi connectivity index (χ0n) is 23.9. The number of rotatable bonds is 11. The Morgan fingerprint density at radius 1 is 1.15 bits per heavy atom. The van der Waals surface area contributed by atoms with Gasteiger partial charge in [-0.3, -0.25) is 19.4 Å². The van der Waals surface area contributed by atoms with Gasteiger partial charge in [-0.05, 0) is 55.5 Å². The van der Waals surface area contributed by atoms with Crippen LogP contribution in [0, 0.1) is 5.92 Å². The summed E-state index contributed by atoms with van der Waals surface area (Å²) >= 11 is 0. The molecule has 3 rings (SSSR count).